The summed E-state index contributed by atoms with van der Waals surface area (Å²) in [7, 11) is 0. The van der Waals surface area contributed by atoms with E-state index in [1.807, 2.05) is 24.3 Å². The summed E-state index contributed by atoms with van der Waals surface area (Å²) in [5.41, 5.74) is -1.14. The number of halogens is 4. The molecule has 2 saturated heterocycles. The van der Waals surface area contributed by atoms with Gasteiger partial charge >= 0.3 is 12.1 Å². The lowest BCUT2D eigenvalue weighted by Gasteiger charge is -2.38. The van der Waals surface area contributed by atoms with Crippen LogP contribution in [0.2, 0.25) is 5.02 Å². The van der Waals surface area contributed by atoms with Crippen LogP contribution in [0.3, 0.4) is 0 Å². The van der Waals surface area contributed by atoms with E-state index in [4.69, 9.17) is 16.7 Å². The number of carboxylic acids is 1. The Morgan fingerprint density at radius 2 is 1.81 bits per heavy atom. The third-order valence-electron chi connectivity index (χ3n) is 5.96. The summed E-state index contributed by atoms with van der Waals surface area (Å²) in [5.74, 6) is -1.77. The summed E-state index contributed by atoms with van der Waals surface area (Å²) in [4.78, 5) is 25.0. The quantitative estimate of drug-likeness (QED) is 0.720. The Labute approximate surface area is 188 Å². The van der Waals surface area contributed by atoms with Gasteiger partial charge in [-0.15, -0.1) is 0 Å². The summed E-state index contributed by atoms with van der Waals surface area (Å²) in [6.07, 6.45) is -3.32. The fourth-order valence-electron chi connectivity index (χ4n) is 4.25. The molecule has 0 radical (unpaired) electrons. The van der Waals surface area contributed by atoms with Crippen molar-refractivity contribution in [1.82, 2.24) is 19.8 Å². The lowest BCUT2D eigenvalue weighted by atomic mass is 10.1. The van der Waals surface area contributed by atoms with Crippen LogP contribution in [0.15, 0.2) is 30.5 Å². The first-order chi connectivity index (χ1) is 15.2. The minimum atomic E-state index is -4.86. The molecule has 1 aromatic heterocycles. The second-order valence-corrected chi connectivity index (χ2v) is 8.50. The third-order valence-corrected chi connectivity index (χ3v) is 6.22. The third kappa shape index (κ3) is 5.13. The average molecular weight is 470 g/mol. The molecule has 1 N–H and O–H groups in total. The van der Waals surface area contributed by atoms with E-state index < -0.39 is 23.4 Å². The van der Waals surface area contributed by atoms with Crippen LogP contribution in [0.25, 0.3) is 0 Å². The summed E-state index contributed by atoms with van der Waals surface area (Å²) in [5, 5.41) is 9.73. The number of alkyl halides is 3. The Morgan fingerprint density at radius 1 is 1.12 bits per heavy atom. The second-order valence-electron chi connectivity index (χ2n) is 8.06. The lowest BCUT2D eigenvalue weighted by Crippen LogP contribution is -2.50. The van der Waals surface area contributed by atoms with Crippen molar-refractivity contribution < 1.29 is 23.1 Å². The van der Waals surface area contributed by atoms with Crippen molar-refractivity contribution in [3.8, 4) is 0 Å². The molecule has 1 atom stereocenters. The van der Waals surface area contributed by atoms with E-state index in [1.54, 1.807) is 4.90 Å². The molecule has 32 heavy (non-hydrogen) atoms. The van der Waals surface area contributed by atoms with Crippen molar-refractivity contribution in [3.63, 3.8) is 0 Å². The maximum atomic E-state index is 13.3. The molecule has 0 amide bonds. The van der Waals surface area contributed by atoms with Crippen LogP contribution >= 0.6 is 11.6 Å². The fourth-order valence-corrected chi connectivity index (χ4v) is 4.38. The van der Waals surface area contributed by atoms with Gasteiger partial charge in [0.15, 0.2) is 5.69 Å². The van der Waals surface area contributed by atoms with Crippen molar-refractivity contribution in [2.45, 2.75) is 25.2 Å². The van der Waals surface area contributed by atoms with E-state index >= 15 is 0 Å². The molecule has 172 valence electrons. The van der Waals surface area contributed by atoms with Gasteiger partial charge in [0.2, 0.25) is 5.95 Å². The second kappa shape index (κ2) is 9.21. The van der Waals surface area contributed by atoms with Crippen LogP contribution in [0.1, 0.15) is 28.0 Å². The minimum Gasteiger partial charge on any atom is -0.478 e. The maximum Gasteiger partial charge on any atom is 0.434 e. The van der Waals surface area contributed by atoms with Crippen molar-refractivity contribution in [3.05, 3.63) is 52.3 Å². The Balaban J connectivity index is 1.35. The number of benzene rings is 1. The van der Waals surface area contributed by atoms with Gasteiger partial charge in [-0.05, 0) is 24.1 Å². The minimum absolute atomic E-state index is 0.0776. The van der Waals surface area contributed by atoms with Crippen molar-refractivity contribution in [2.75, 3.05) is 44.2 Å². The number of carboxylic acid groups (broad SMARTS) is 1. The number of rotatable bonds is 5. The maximum absolute atomic E-state index is 13.3. The summed E-state index contributed by atoms with van der Waals surface area (Å²) >= 11 is 5.94. The van der Waals surface area contributed by atoms with Gasteiger partial charge in [-0.1, -0.05) is 23.7 Å². The van der Waals surface area contributed by atoms with Crippen LogP contribution in [-0.4, -0.2) is 76.2 Å². The standard InChI is InChI=1S/C21H23ClF3N5O2/c22-15-3-1-14(2-4-15)12-28-7-9-29(10-8-28)16-5-6-30(13-16)20-26-11-17(19(31)32)18(27-20)21(23,24)25/h1-4,11,16H,5-10,12-13H2,(H,31,32). The Bertz CT molecular complexity index is 965. The molecule has 2 fully saturated rings. The van der Waals surface area contributed by atoms with Gasteiger partial charge in [-0.3, -0.25) is 9.80 Å². The number of aromatic nitrogens is 2. The molecule has 0 spiro atoms. The summed E-state index contributed by atoms with van der Waals surface area (Å²) in [6, 6.07) is 8.01. The summed E-state index contributed by atoms with van der Waals surface area (Å²) < 4.78 is 39.8. The first-order valence-corrected chi connectivity index (χ1v) is 10.7. The Kier molecular flexibility index (Phi) is 6.55. The first kappa shape index (κ1) is 22.8. The molecule has 0 saturated carbocycles. The Morgan fingerprint density at radius 3 is 2.44 bits per heavy atom. The largest absolute Gasteiger partial charge is 0.478 e. The molecule has 0 bridgehead atoms. The number of anilines is 1. The smallest absolute Gasteiger partial charge is 0.434 e. The zero-order chi connectivity index (χ0) is 22.9. The van der Waals surface area contributed by atoms with Gasteiger partial charge in [-0.25, -0.2) is 14.8 Å². The summed E-state index contributed by atoms with van der Waals surface area (Å²) in [6.45, 7) is 5.45. The molecule has 2 aliphatic heterocycles. The molecule has 11 heteroatoms. The van der Waals surface area contributed by atoms with Gasteiger partial charge in [0, 0.05) is 63.1 Å². The van der Waals surface area contributed by atoms with Gasteiger partial charge in [0.1, 0.15) is 5.56 Å². The molecule has 7 nitrogen and oxygen atoms in total. The number of hydrogen-bond acceptors (Lipinski definition) is 6. The van der Waals surface area contributed by atoms with Crippen molar-refractivity contribution in [1.29, 1.82) is 0 Å². The molecule has 1 aromatic carbocycles. The van der Waals surface area contributed by atoms with Gasteiger partial charge in [0.25, 0.3) is 0 Å². The highest BCUT2D eigenvalue weighted by molar-refractivity contribution is 6.30. The number of nitrogens with zero attached hydrogens (tertiary/aromatic N) is 5. The predicted molar refractivity (Wildman–Crippen MR) is 113 cm³/mol. The monoisotopic (exact) mass is 469 g/mol. The molecular weight excluding hydrogens is 447 g/mol. The molecule has 2 aliphatic rings. The van der Waals surface area contributed by atoms with E-state index in [9.17, 15) is 18.0 Å². The molecule has 1 unspecified atom stereocenters. The number of carbonyl (C=O) groups is 1. The first-order valence-electron chi connectivity index (χ1n) is 10.3. The molecule has 0 aliphatic carbocycles. The molecular formula is C21H23ClF3N5O2. The van der Waals surface area contributed by atoms with Gasteiger partial charge in [0.05, 0.1) is 0 Å². The number of piperazine rings is 1. The SMILES string of the molecule is O=C(O)c1cnc(N2CCC(N3CCN(Cc4ccc(Cl)cc4)CC3)C2)nc1C(F)(F)F. The van der Waals surface area contributed by atoms with Crippen molar-refractivity contribution >= 4 is 23.5 Å². The van der Waals surface area contributed by atoms with Gasteiger partial charge in [-0.2, -0.15) is 13.2 Å². The lowest BCUT2D eigenvalue weighted by molar-refractivity contribution is -0.141. The highest BCUT2D eigenvalue weighted by atomic mass is 35.5. The van der Waals surface area contributed by atoms with E-state index in [2.05, 4.69) is 19.8 Å². The van der Waals surface area contributed by atoms with Crippen LogP contribution < -0.4 is 4.90 Å². The van der Waals surface area contributed by atoms with Crippen LogP contribution in [0.4, 0.5) is 19.1 Å². The molecule has 3 heterocycles. The molecule has 2 aromatic rings. The topological polar surface area (TPSA) is 72.8 Å². The highest BCUT2D eigenvalue weighted by Crippen LogP contribution is 2.32. The zero-order valence-electron chi connectivity index (χ0n) is 17.2. The van der Waals surface area contributed by atoms with E-state index in [-0.39, 0.29) is 12.0 Å². The van der Waals surface area contributed by atoms with Crippen LogP contribution in [-0.2, 0) is 12.7 Å². The highest BCUT2D eigenvalue weighted by Gasteiger charge is 2.39. The van der Waals surface area contributed by atoms with E-state index in [1.165, 1.54) is 5.56 Å². The molecule has 4 rings (SSSR count). The Hall–Kier alpha value is -2.43. The van der Waals surface area contributed by atoms with Gasteiger partial charge < -0.3 is 10.0 Å². The zero-order valence-corrected chi connectivity index (χ0v) is 18.0. The fraction of sp³-hybridized carbons (Fsp3) is 0.476. The van der Waals surface area contributed by atoms with Crippen LogP contribution in [0.5, 0.6) is 0 Å². The number of aromatic carboxylic acids is 1. The van der Waals surface area contributed by atoms with Crippen LogP contribution in [0, 0.1) is 0 Å². The predicted octanol–water partition coefficient (Wildman–Crippen LogP) is 3.24. The van der Waals surface area contributed by atoms with E-state index in [0.717, 1.165) is 45.3 Å². The number of hydrogen-bond donors (Lipinski definition) is 1. The van der Waals surface area contributed by atoms with Crippen molar-refractivity contribution in [2.24, 2.45) is 0 Å². The normalized spacial score (nSPS) is 20.6. The van der Waals surface area contributed by atoms with E-state index in [0.29, 0.717) is 18.1 Å². The average Bonchev–Trinajstić information content (AvgIpc) is 3.25.